The zero-order valence-electron chi connectivity index (χ0n) is 6.68. The van der Waals surface area contributed by atoms with Crippen molar-refractivity contribution in [3.63, 3.8) is 0 Å². The number of methoxy groups -OCH3 is 1. The number of hydrogen-bond donors (Lipinski definition) is 0. The van der Waals surface area contributed by atoms with E-state index in [0.29, 0.717) is 0 Å². The maximum Gasteiger partial charge on any atom is 0.0351 e. The molecule has 0 saturated heterocycles. The third-order valence-electron chi connectivity index (χ3n) is 0. The molecule has 0 rings (SSSR count). The smallest absolute Gasteiger partial charge is 0.0351 e. The summed E-state index contributed by atoms with van der Waals surface area (Å²) >= 11 is 0. The Bertz CT molecular complexity index is 31.1. The minimum absolute atomic E-state index is 0. The van der Waals surface area contributed by atoms with Gasteiger partial charge in [-0.2, -0.15) is 0 Å². The molecule has 0 saturated carbocycles. The Kier molecular flexibility index (Phi) is 143000. The molecule has 0 fully saturated rings. The molecule has 0 bridgehead atoms. The van der Waals surface area contributed by atoms with E-state index in [1.165, 1.54) is 0 Å². The molecular weight excluding hydrogens is 211 g/mol. The van der Waals surface area contributed by atoms with Crippen LogP contribution in [0, 0.1) is 0 Å². The fraction of sp³-hybridized carbons (Fsp3) is 0.333. The molecule has 0 aliphatic rings. The van der Waals surface area contributed by atoms with Crippen LogP contribution in [0.4, 0.5) is 0 Å². The van der Waals surface area contributed by atoms with Crippen molar-refractivity contribution in [2.75, 3.05) is 14.2 Å². The molecule has 6 heteroatoms. The molecule has 0 aliphatic heterocycles. The first-order valence-corrected chi connectivity index (χ1v) is 1.76. The maximum atomic E-state index is 7.75. The van der Waals surface area contributed by atoms with E-state index >= 15 is 0 Å². The predicted octanol–water partition coefficient (Wildman–Crippen LogP) is -0.836. The summed E-state index contributed by atoms with van der Waals surface area (Å²) < 4.78 is 4.25. The Balaban J connectivity index is -0.00000000933. The standard InChI is InChI=1S/C2H6O.4CHO.Co/c1-3-2;4*1-2;/h1-2H3;4*1H;/q;4*-1;. The van der Waals surface area contributed by atoms with Gasteiger partial charge in [0, 0.05) is 31.0 Å². The zero-order chi connectivity index (χ0) is 10.7. The number of carbonyl (C=O) groups excluding carboxylic acids is 4. The summed E-state index contributed by atoms with van der Waals surface area (Å²) in [6, 6.07) is 0. The molecular formula is C6H10CoO5-4. The van der Waals surface area contributed by atoms with Gasteiger partial charge in [0.05, 0.1) is 0 Å². The molecule has 0 unspecified atom stereocenters. The topological polar surface area (TPSA) is 77.5 Å². The van der Waals surface area contributed by atoms with Crippen LogP contribution in [-0.2, 0) is 40.7 Å². The van der Waals surface area contributed by atoms with Crippen molar-refractivity contribution in [1.29, 1.82) is 0 Å². The van der Waals surface area contributed by atoms with Crippen LogP contribution in [0.15, 0.2) is 0 Å². The molecule has 0 N–H and O–H groups in total. The van der Waals surface area contributed by atoms with Crippen molar-refractivity contribution in [2.24, 2.45) is 0 Å². The normalized spacial score (nSPS) is 2.83. The Morgan fingerprint density at radius 3 is 0.667 bits per heavy atom. The molecule has 0 spiro atoms. The van der Waals surface area contributed by atoms with Crippen LogP contribution in [0.5, 0.6) is 0 Å². The fourth-order valence-corrected chi connectivity index (χ4v) is 0. The van der Waals surface area contributed by atoms with Gasteiger partial charge in [0.2, 0.25) is 0 Å². The van der Waals surface area contributed by atoms with Gasteiger partial charge in [-0.15, -0.1) is 0 Å². The first kappa shape index (κ1) is 43.3. The van der Waals surface area contributed by atoms with E-state index in [1.54, 1.807) is 14.2 Å². The molecule has 5 nitrogen and oxygen atoms in total. The first-order chi connectivity index (χ1) is 5.41. The maximum absolute atomic E-state index is 7.75. The van der Waals surface area contributed by atoms with Gasteiger partial charge in [0.1, 0.15) is 0 Å². The van der Waals surface area contributed by atoms with Gasteiger partial charge in [-0.1, -0.05) is 0 Å². The van der Waals surface area contributed by atoms with Crippen molar-refractivity contribution in [2.45, 2.75) is 0 Å². The Morgan fingerprint density at radius 1 is 0.667 bits per heavy atom. The monoisotopic (exact) mass is 221 g/mol. The first-order valence-electron chi connectivity index (χ1n) is 1.76. The largest absolute Gasteiger partial charge is 0.545 e. The second-order valence-electron chi connectivity index (χ2n) is 0.408. The second-order valence-corrected chi connectivity index (χ2v) is 0.408. The van der Waals surface area contributed by atoms with Crippen molar-refractivity contribution in [3.8, 4) is 0 Å². The van der Waals surface area contributed by atoms with E-state index in [2.05, 4.69) is 31.9 Å². The van der Waals surface area contributed by atoms with Crippen LogP contribution in [0.25, 0.3) is 0 Å². The van der Waals surface area contributed by atoms with Gasteiger partial charge in [0.15, 0.2) is 0 Å². The molecule has 0 aromatic heterocycles. The van der Waals surface area contributed by atoms with Crippen LogP contribution in [0.1, 0.15) is 0 Å². The number of rotatable bonds is 0. The molecule has 12 heavy (non-hydrogen) atoms. The summed E-state index contributed by atoms with van der Waals surface area (Å²) in [5.74, 6) is 0. The van der Waals surface area contributed by atoms with E-state index < -0.39 is 0 Å². The SMILES string of the molecule is COC.[CH-]=O.[CH-]=O.[CH-]=O.[CH-]=O.[Co]. The Morgan fingerprint density at radius 2 is 0.667 bits per heavy atom. The summed E-state index contributed by atoms with van der Waals surface area (Å²) in [5, 5.41) is 0. The minimum atomic E-state index is 0. The summed E-state index contributed by atoms with van der Waals surface area (Å²) in [5.41, 5.74) is 0. The molecule has 0 aromatic rings. The van der Waals surface area contributed by atoms with Crippen molar-refractivity contribution in [3.05, 3.63) is 0 Å². The summed E-state index contributed by atoms with van der Waals surface area (Å²) in [7, 11) is 3.25. The van der Waals surface area contributed by atoms with E-state index in [0.717, 1.165) is 0 Å². The molecule has 77 valence electrons. The molecule has 0 heterocycles. The Hall–Kier alpha value is -0.854. The molecule has 0 amide bonds. The van der Waals surface area contributed by atoms with Gasteiger partial charge in [0.25, 0.3) is 0 Å². The van der Waals surface area contributed by atoms with Crippen molar-refractivity contribution < 1.29 is 40.7 Å². The van der Waals surface area contributed by atoms with E-state index in [9.17, 15) is 0 Å². The molecule has 0 aliphatic carbocycles. The fourth-order valence-electron chi connectivity index (χ4n) is 0. The van der Waals surface area contributed by atoms with E-state index in [1.807, 2.05) is 0 Å². The third kappa shape index (κ3) is 833. The molecule has 0 aromatic carbocycles. The second kappa shape index (κ2) is 39600. The zero-order valence-corrected chi connectivity index (χ0v) is 7.73. The van der Waals surface area contributed by atoms with Gasteiger partial charge in [-0.25, -0.2) is 0 Å². The van der Waals surface area contributed by atoms with Crippen LogP contribution in [-0.4, -0.2) is 41.4 Å². The number of hydrogen-bond acceptors (Lipinski definition) is 5. The molecule has 1 radical (unpaired) electrons. The van der Waals surface area contributed by atoms with Gasteiger partial charge >= 0.3 is 0 Å². The summed E-state index contributed by atoms with van der Waals surface area (Å²) in [4.78, 5) is 31.0. The third-order valence-corrected chi connectivity index (χ3v) is 0. The van der Waals surface area contributed by atoms with Crippen LogP contribution >= 0.6 is 0 Å². The van der Waals surface area contributed by atoms with Crippen molar-refractivity contribution in [1.82, 2.24) is 0 Å². The average Bonchev–Trinajstić information content (AvgIpc) is 2.18. The summed E-state index contributed by atoms with van der Waals surface area (Å²) in [6.45, 7) is 13.0. The van der Waals surface area contributed by atoms with Crippen molar-refractivity contribution >= 4 is 27.2 Å². The van der Waals surface area contributed by atoms with Gasteiger partial charge < -0.3 is 23.9 Å². The van der Waals surface area contributed by atoms with Gasteiger partial charge in [-0.3, -0.25) is 27.2 Å². The average molecular weight is 221 g/mol. The van der Waals surface area contributed by atoms with Crippen LogP contribution in [0.2, 0.25) is 0 Å². The number of ether oxygens (including phenoxy) is 1. The van der Waals surface area contributed by atoms with Crippen LogP contribution < -0.4 is 0 Å². The van der Waals surface area contributed by atoms with E-state index in [-0.39, 0.29) is 16.8 Å². The predicted molar refractivity (Wildman–Crippen MR) is 39.9 cm³/mol. The Labute approximate surface area is 82.7 Å². The minimum Gasteiger partial charge on any atom is -0.545 e. The quantitative estimate of drug-likeness (QED) is 0.394. The van der Waals surface area contributed by atoms with Gasteiger partial charge in [-0.05, 0) is 0 Å². The summed E-state index contributed by atoms with van der Waals surface area (Å²) in [6.07, 6.45) is 0. The van der Waals surface area contributed by atoms with E-state index in [4.69, 9.17) is 19.2 Å². The van der Waals surface area contributed by atoms with Crippen LogP contribution in [0.3, 0.4) is 0 Å². The molecule has 0 atom stereocenters.